The Morgan fingerprint density at radius 2 is 2.35 bits per heavy atom. The molecule has 17 heavy (non-hydrogen) atoms. The Bertz CT molecular complexity index is 565. The summed E-state index contributed by atoms with van der Waals surface area (Å²) in [6.07, 6.45) is 1.69. The molecule has 2 aromatic rings. The first-order valence-electron chi connectivity index (χ1n) is 5.52. The molecule has 0 fully saturated rings. The number of aliphatic hydroxyl groups is 1. The molecule has 0 aliphatic carbocycles. The zero-order valence-corrected chi connectivity index (χ0v) is 9.63. The first kappa shape index (κ1) is 11.8. The summed E-state index contributed by atoms with van der Waals surface area (Å²) < 4.78 is 1.50. The molecule has 0 aliphatic heterocycles. The predicted molar refractivity (Wildman–Crippen MR) is 64.8 cm³/mol. The Kier molecular flexibility index (Phi) is 3.51. The van der Waals surface area contributed by atoms with Crippen molar-refractivity contribution in [3.05, 3.63) is 46.5 Å². The number of rotatable bonds is 4. The molecule has 0 amide bonds. The maximum absolute atomic E-state index is 11.8. The Labute approximate surface area is 98.7 Å². The summed E-state index contributed by atoms with van der Waals surface area (Å²) in [5.74, 6) is 0. The van der Waals surface area contributed by atoms with E-state index in [1.54, 1.807) is 18.3 Å². The summed E-state index contributed by atoms with van der Waals surface area (Å²) >= 11 is 0. The minimum Gasteiger partial charge on any atom is -0.395 e. The van der Waals surface area contributed by atoms with Crippen LogP contribution in [0.1, 0.15) is 12.6 Å². The Morgan fingerprint density at radius 1 is 1.53 bits per heavy atom. The Balaban J connectivity index is 2.28. The lowest BCUT2D eigenvalue weighted by Gasteiger charge is -2.10. The van der Waals surface area contributed by atoms with Gasteiger partial charge in [0.1, 0.15) is 5.65 Å². The van der Waals surface area contributed by atoms with E-state index >= 15 is 0 Å². The molecule has 2 rings (SSSR count). The molecule has 0 saturated heterocycles. The SMILES string of the molecule is CC(CO)NCc1cc(=O)n2ccccc2n1. The van der Waals surface area contributed by atoms with Crippen LogP contribution < -0.4 is 10.9 Å². The lowest BCUT2D eigenvalue weighted by Crippen LogP contribution is -2.29. The van der Waals surface area contributed by atoms with E-state index in [0.29, 0.717) is 17.9 Å². The van der Waals surface area contributed by atoms with Gasteiger partial charge in [0.25, 0.3) is 5.56 Å². The van der Waals surface area contributed by atoms with E-state index in [0.717, 1.165) is 0 Å². The fraction of sp³-hybridized carbons (Fsp3) is 0.333. The van der Waals surface area contributed by atoms with Gasteiger partial charge in [-0.3, -0.25) is 9.20 Å². The first-order valence-corrected chi connectivity index (χ1v) is 5.52. The highest BCUT2D eigenvalue weighted by atomic mass is 16.3. The smallest absolute Gasteiger partial charge is 0.258 e. The molecule has 0 saturated carbocycles. The van der Waals surface area contributed by atoms with Crippen LogP contribution in [0.4, 0.5) is 0 Å². The molecule has 2 aromatic heterocycles. The lowest BCUT2D eigenvalue weighted by molar-refractivity contribution is 0.250. The fourth-order valence-electron chi connectivity index (χ4n) is 1.54. The van der Waals surface area contributed by atoms with Gasteiger partial charge in [-0.15, -0.1) is 0 Å². The van der Waals surface area contributed by atoms with E-state index in [-0.39, 0.29) is 18.2 Å². The molecule has 0 radical (unpaired) electrons. The van der Waals surface area contributed by atoms with Gasteiger partial charge in [-0.05, 0) is 19.1 Å². The lowest BCUT2D eigenvalue weighted by atomic mass is 10.3. The molecule has 2 heterocycles. The van der Waals surface area contributed by atoms with Gasteiger partial charge in [-0.25, -0.2) is 4.98 Å². The van der Waals surface area contributed by atoms with E-state index in [1.807, 2.05) is 13.0 Å². The van der Waals surface area contributed by atoms with Crippen molar-refractivity contribution in [1.29, 1.82) is 0 Å². The van der Waals surface area contributed by atoms with Crippen LogP contribution in [0.3, 0.4) is 0 Å². The van der Waals surface area contributed by atoms with Crippen molar-refractivity contribution in [2.75, 3.05) is 6.61 Å². The van der Waals surface area contributed by atoms with Crippen LogP contribution in [-0.2, 0) is 6.54 Å². The van der Waals surface area contributed by atoms with Crippen LogP contribution in [0.2, 0.25) is 0 Å². The van der Waals surface area contributed by atoms with Crippen molar-refractivity contribution in [2.24, 2.45) is 0 Å². The van der Waals surface area contributed by atoms with Gasteiger partial charge in [-0.2, -0.15) is 0 Å². The van der Waals surface area contributed by atoms with Gasteiger partial charge in [0, 0.05) is 24.8 Å². The predicted octanol–water partition coefficient (Wildman–Crippen LogP) is 0.165. The third kappa shape index (κ3) is 2.69. The van der Waals surface area contributed by atoms with Crippen LogP contribution in [0.15, 0.2) is 35.3 Å². The number of nitrogens with one attached hydrogen (secondary N) is 1. The molecule has 0 spiro atoms. The molecule has 90 valence electrons. The fourth-order valence-corrected chi connectivity index (χ4v) is 1.54. The maximum Gasteiger partial charge on any atom is 0.258 e. The topological polar surface area (TPSA) is 66.6 Å². The first-order chi connectivity index (χ1) is 8.20. The van der Waals surface area contributed by atoms with Crippen molar-refractivity contribution in [1.82, 2.24) is 14.7 Å². The molecule has 1 unspecified atom stereocenters. The average molecular weight is 233 g/mol. The van der Waals surface area contributed by atoms with E-state index < -0.39 is 0 Å². The molecular formula is C12H15N3O2. The highest BCUT2D eigenvalue weighted by Gasteiger charge is 2.03. The van der Waals surface area contributed by atoms with Gasteiger partial charge in [0.15, 0.2) is 0 Å². The summed E-state index contributed by atoms with van der Waals surface area (Å²) in [5, 5.41) is 12.0. The highest BCUT2D eigenvalue weighted by Crippen LogP contribution is 1.98. The highest BCUT2D eigenvalue weighted by molar-refractivity contribution is 5.37. The normalized spacial score (nSPS) is 12.8. The second-order valence-corrected chi connectivity index (χ2v) is 3.98. The maximum atomic E-state index is 11.8. The third-order valence-corrected chi connectivity index (χ3v) is 2.53. The number of fused-ring (bicyclic) bond motifs is 1. The molecule has 1 atom stereocenters. The molecule has 0 aliphatic rings. The zero-order chi connectivity index (χ0) is 12.3. The van der Waals surface area contributed by atoms with Gasteiger partial charge in [0.05, 0.1) is 12.3 Å². The summed E-state index contributed by atoms with van der Waals surface area (Å²) in [6.45, 7) is 2.41. The van der Waals surface area contributed by atoms with E-state index in [2.05, 4.69) is 10.3 Å². The number of nitrogens with zero attached hydrogens (tertiary/aromatic N) is 2. The van der Waals surface area contributed by atoms with Crippen molar-refractivity contribution in [2.45, 2.75) is 19.5 Å². The number of aliphatic hydroxyl groups excluding tert-OH is 1. The van der Waals surface area contributed by atoms with Crippen molar-refractivity contribution in [3.8, 4) is 0 Å². The average Bonchev–Trinajstić information content (AvgIpc) is 2.36. The van der Waals surface area contributed by atoms with Gasteiger partial charge >= 0.3 is 0 Å². The molecule has 5 heteroatoms. The minimum absolute atomic E-state index is 0.00831. The van der Waals surface area contributed by atoms with Crippen LogP contribution in [-0.4, -0.2) is 27.1 Å². The standard InChI is InChI=1S/C12H15N3O2/c1-9(8-16)13-7-10-6-12(17)15-5-3-2-4-11(15)14-10/h2-6,9,13,16H,7-8H2,1H3. The van der Waals surface area contributed by atoms with Gasteiger partial charge in [0.2, 0.25) is 0 Å². The second kappa shape index (κ2) is 5.07. The van der Waals surface area contributed by atoms with Crippen molar-refractivity contribution >= 4 is 5.65 Å². The molecule has 0 aromatic carbocycles. The minimum atomic E-state index is -0.0935. The quantitative estimate of drug-likeness (QED) is 0.789. The van der Waals surface area contributed by atoms with Crippen molar-refractivity contribution < 1.29 is 5.11 Å². The van der Waals surface area contributed by atoms with Crippen LogP contribution in [0.5, 0.6) is 0 Å². The Morgan fingerprint density at radius 3 is 3.12 bits per heavy atom. The van der Waals surface area contributed by atoms with Crippen molar-refractivity contribution in [3.63, 3.8) is 0 Å². The summed E-state index contributed by atoms with van der Waals surface area (Å²) in [7, 11) is 0. The number of hydrogen-bond acceptors (Lipinski definition) is 4. The number of hydrogen-bond donors (Lipinski definition) is 2. The van der Waals surface area contributed by atoms with Crippen LogP contribution >= 0.6 is 0 Å². The molecule has 5 nitrogen and oxygen atoms in total. The summed E-state index contributed by atoms with van der Waals surface area (Å²) in [6, 6.07) is 6.92. The van der Waals surface area contributed by atoms with E-state index in [9.17, 15) is 4.79 Å². The monoisotopic (exact) mass is 233 g/mol. The van der Waals surface area contributed by atoms with Crippen LogP contribution in [0, 0.1) is 0 Å². The van der Waals surface area contributed by atoms with Gasteiger partial charge < -0.3 is 10.4 Å². The van der Waals surface area contributed by atoms with E-state index in [1.165, 1.54) is 10.5 Å². The van der Waals surface area contributed by atoms with Crippen LogP contribution in [0.25, 0.3) is 5.65 Å². The molecule has 2 N–H and O–H groups in total. The Hall–Kier alpha value is -1.72. The zero-order valence-electron chi connectivity index (χ0n) is 9.63. The molecular weight excluding hydrogens is 218 g/mol. The molecule has 0 bridgehead atoms. The summed E-state index contributed by atoms with van der Waals surface area (Å²) in [5.41, 5.74) is 1.22. The third-order valence-electron chi connectivity index (χ3n) is 2.53. The van der Waals surface area contributed by atoms with Gasteiger partial charge in [-0.1, -0.05) is 6.07 Å². The number of pyridine rings is 1. The summed E-state index contributed by atoms with van der Waals surface area (Å²) in [4.78, 5) is 16.1. The number of aromatic nitrogens is 2. The van der Waals surface area contributed by atoms with E-state index in [4.69, 9.17) is 5.11 Å². The largest absolute Gasteiger partial charge is 0.395 e. The second-order valence-electron chi connectivity index (χ2n) is 3.98.